The third-order valence-electron chi connectivity index (χ3n) is 2.75. The summed E-state index contributed by atoms with van der Waals surface area (Å²) < 4.78 is 38.5. The molecule has 0 atom stereocenters. The Morgan fingerprint density at radius 3 is 2.38 bits per heavy atom. The van der Waals surface area contributed by atoms with Gasteiger partial charge in [0.15, 0.2) is 0 Å². The third-order valence-corrected chi connectivity index (χ3v) is 3.19. The van der Waals surface area contributed by atoms with E-state index >= 15 is 0 Å². The zero-order valence-corrected chi connectivity index (χ0v) is 9.78. The second kappa shape index (κ2) is 6.67. The molecule has 0 radical (unpaired) electrons. The Morgan fingerprint density at radius 1 is 1.19 bits per heavy atom. The van der Waals surface area contributed by atoms with E-state index < -0.39 is 6.36 Å². The number of rotatable bonds is 5. The van der Waals surface area contributed by atoms with Crippen LogP contribution in [0.2, 0.25) is 0 Å². The highest BCUT2D eigenvalue weighted by Crippen LogP contribution is 2.26. The number of ether oxygens (including phenoxy) is 1. The SMILES string of the molecule is FC(F)(F)OCCNCC1CCC(Cl)CC1. The van der Waals surface area contributed by atoms with E-state index in [4.69, 9.17) is 11.6 Å². The van der Waals surface area contributed by atoms with E-state index in [0.717, 1.165) is 32.2 Å². The highest BCUT2D eigenvalue weighted by molar-refractivity contribution is 6.20. The lowest BCUT2D eigenvalue weighted by Gasteiger charge is -2.25. The minimum absolute atomic E-state index is 0.236. The summed E-state index contributed by atoms with van der Waals surface area (Å²) in [6, 6.07) is 0. The second-order valence-electron chi connectivity index (χ2n) is 4.12. The van der Waals surface area contributed by atoms with Crippen molar-refractivity contribution in [3.63, 3.8) is 0 Å². The first kappa shape index (κ1) is 14.1. The van der Waals surface area contributed by atoms with Gasteiger partial charge in [-0.05, 0) is 38.1 Å². The summed E-state index contributed by atoms with van der Waals surface area (Å²) in [5.41, 5.74) is 0. The van der Waals surface area contributed by atoms with Gasteiger partial charge in [-0.2, -0.15) is 0 Å². The van der Waals surface area contributed by atoms with Gasteiger partial charge in [0.1, 0.15) is 0 Å². The van der Waals surface area contributed by atoms with E-state index in [2.05, 4.69) is 10.1 Å². The molecule has 0 aromatic rings. The predicted molar refractivity (Wildman–Crippen MR) is 56.5 cm³/mol. The van der Waals surface area contributed by atoms with Crippen LogP contribution in [0.5, 0.6) is 0 Å². The fourth-order valence-electron chi connectivity index (χ4n) is 1.87. The molecule has 0 spiro atoms. The standard InChI is InChI=1S/C10H17ClF3NO/c11-9-3-1-8(2-4-9)7-15-5-6-16-10(12,13)14/h8-9,15H,1-7H2. The first-order valence-corrected chi connectivity index (χ1v) is 5.96. The molecular weight excluding hydrogens is 243 g/mol. The molecule has 0 heterocycles. The van der Waals surface area contributed by atoms with E-state index in [1.54, 1.807) is 0 Å². The average molecular weight is 260 g/mol. The molecule has 0 saturated heterocycles. The molecule has 0 bridgehead atoms. The minimum Gasteiger partial charge on any atom is -0.314 e. The smallest absolute Gasteiger partial charge is 0.314 e. The van der Waals surface area contributed by atoms with Crippen molar-refractivity contribution in [2.45, 2.75) is 37.4 Å². The first-order valence-electron chi connectivity index (χ1n) is 5.53. The van der Waals surface area contributed by atoms with Crippen LogP contribution in [0.25, 0.3) is 0 Å². The summed E-state index contributed by atoms with van der Waals surface area (Å²) in [6.45, 7) is 0.666. The Morgan fingerprint density at radius 2 is 1.81 bits per heavy atom. The molecule has 1 aliphatic carbocycles. The van der Waals surface area contributed by atoms with Crippen molar-refractivity contribution >= 4 is 11.6 Å². The van der Waals surface area contributed by atoms with Gasteiger partial charge in [0.25, 0.3) is 0 Å². The molecular formula is C10H17ClF3NO. The van der Waals surface area contributed by atoms with Crippen molar-refractivity contribution in [2.75, 3.05) is 19.7 Å². The molecule has 1 N–H and O–H groups in total. The van der Waals surface area contributed by atoms with E-state index in [-0.39, 0.29) is 18.5 Å². The normalized spacial score (nSPS) is 27.0. The Kier molecular flexibility index (Phi) is 5.86. The van der Waals surface area contributed by atoms with Crippen LogP contribution in [0, 0.1) is 5.92 Å². The van der Waals surface area contributed by atoms with Gasteiger partial charge in [-0.15, -0.1) is 24.8 Å². The molecule has 1 fully saturated rings. The Hall–Kier alpha value is 0. The van der Waals surface area contributed by atoms with Gasteiger partial charge in [-0.3, -0.25) is 4.74 Å². The van der Waals surface area contributed by atoms with Gasteiger partial charge >= 0.3 is 6.36 Å². The summed E-state index contributed by atoms with van der Waals surface area (Å²) in [4.78, 5) is 0. The fraction of sp³-hybridized carbons (Fsp3) is 1.00. The van der Waals surface area contributed by atoms with Crippen LogP contribution in [0.3, 0.4) is 0 Å². The zero-order chi connectivity index (χ0) is 12.0. The second-order valence-corrected chi connectivity index (χ2v) is 4.73. The maximum atomic E-state index is 11.6. The van der Waals surface area contributed by atoms with Crippen molar-refractivity contribution in [3.8, 4) is 0 Å². The molecule has 0 amide bonds. The number of hydrogen-bond donors (Lipinski definition) is 1. The number of alkyl halides is 4. The van der Waals surface area contributed by atoms with Crippen LogP contribution < -0.4 is 5.32 Å². The summed E-state index contributed by atoms with van der Waals surface area (Å²) in [7, 11) is 0. The Bertz CT molecular complexity index is 193. The van der Waals surface area contributed by atoms with E-state index in [1.807, 2.05) is 0 Å². The van der Waals surface area contributed by atoms with Crippen LogP contribution in [0.15, 0.2) is 0 Å². The molecule has 1 rings (SSSR count). The van der Waals surface area contributed by atoms with E-state index in [1.165, 1.54) is 0 Å². The summed E-state index contributed by atoms with van der Waals surface area (Å²) in [5, 5.41) is 3.26. The van der Waals surface area contributed by atoms with Gasteiger partial charge in [-0.25, -0.2) is 0 Å². The third kappa shape index (κ3) is 6.55. The largest absolute Gasteiger partial charge is 0.522 e. The minimum atomic E-state index is -4.52. The maximum Gasteiger partial charge on any atom is 0.522 e. The molecule has 6 heteroatoms. The molecule has 0 aliphatic heterocycles. The number of nitrogens with one attached hydrogen (secondary N) is 1. The van der Waals surface area contributed by atoms with Crippen LogP contribution in [-0.2, 0) is 4.74 Å². The maximum absolute atomic E-state index is 11.6. The lowest BCUT2D eigenvalue weighted by Crippen LogP contribution is -2.30. The van der Waals surface area contributed by atoms with Gasteiger partial charge in [0.2, 0.25) is 0 Å². The number of hydrogen-bond acceptors (Lipinski definition) is 2. The molecule has 0 unspecified atom stereocenters. The monoisotopic (exact) mass is 259 g/mol. The summed E-state index contributed by atoms with van der Waals surface area (Å²) in [5.74, 6) is 0.542. The summed E-state index contributed by atoms with van der Waals surface area (Å²) in [6.07, 6.45) is -0.388. The Labute approximate surface area is 98.5 Å². The van der Waals surface area contributed by atoms with Crippen molar-refractivity contribution < 1.29 is 17.9 Å². The van der Waals surface area contributed by atoms with Gasteiger partial charge < -0.3 is 5.32 Å². The van der Waals surface area contributed by atoms with Crippen LogP contribution in [-0.4, -0.2) is 31.4 Å². The van der Waals surface area contributed by atoms with Gasteiger partial charge in [0.05, 0.1) is 6.61 Å². The average Bonchev–Trinajstić information content (AvgIpc) is 2.19. The number of halogens is 4. The first-order chi connectivity index (χ1) is 7.47. The van der Waals surface area contributed by atoms with Crippen LogP contribution in [0.4, 0.5) is 13.2 Å². The highest BCUT2D eigenvalue weighted by Gasteiger charge is 2.28. The lowest BCUT2D eigenvalue weighted by molar-refractivity contribution is -0.323. The molecule has 1 aliphatic rings. The molecule has 96 valence electrons. The quantitative estimate of drug-likeness (QED) is 0.606. The topological polar surface area (TPSA) is 21.3 Å². The predicted octanol–water partition coefficient (Wildman–Crippen LogP) is 2.91. The van der Waals surface area contributed by atoms with E-state index in [9.17, 15) is 13.2 Å². The van der Waals surface area contributed by atoms with Gasteiger partial charge in [-0.1, -0.05) is 0 Å². The van der Waals surface area contributed by atoms with Crippen molar-refractivity contribution in [2.24, 2.45) is 5.92 Å². The molecule has 1 saturated carbocycles. The zero-order valence-electron chi connectivity index (χ0n) is 9.02. The van der Waals surface area contributed by atoms with Crippen molar-refractivity contribution in [3.05, 3.63) is 0 Å². The molecule has 2 nitrogen and oxygen atoms in total. The van der Waals surface area contributed by atoms with E-state index in [0.29, 0.717) is 5.92 Å². The van der Waals surface area contributed by atoms with Crippen LogP contribution >= 0.6 is 11.6 Å². The lowest BCUT2D eigenvalue weighted by atomic mass is 9.89. The molecule has 0 aromatic carbocycles. The molecule has 16 heavy (non-hydrogen) atoms. The van der Waals surface area contributed by atoms with Gasteiger partial charge in [0, 0.05) is 11.9 Å². The van der Waals surface area contributed by atoms with Crippen molar-refractivity contribution in [1.29, 1.82) is 0 Å². The Balaban J connectivity index is 1.95. The highest BCUT2D eigenvalue weighted by atomic mass is 35.5. The molecule has 0 aromatic heterocycles. The summed E-state index contributed by atoms with van der Waals surface area (Å²) >= 11 is 5.95. The van der Waals surface area contributed by atoms with Crippen molar-refractivity contribution in [1.82, 2.24) is 5.32 Å². The van der Waals surface area contributed by atoms with Crippen LogP contribution in [0.1, 0.15) is 25.7 Å². The fourth-order valence-corrected chi connectivity index (χ4v) is 2.12.